The molecule has 0 saturated heterocycles. The molecule has 6 aromatic carbocycles. The minimum absolute atomic E-state index is 1.04. The molecule has 9 rings (SSSR count). The van der Waals surface area contributed by atoms with Crippen LogP contribution in [0.25, 0.3) is 76.0 Å². The highest BCUT2D eigenvalue weighted by molar-refractivity contribution is 7.17. The molecule has 0 bridgehead atoms. The first kappa shape index (κ1) is 21.1. The summed E-state index contributed by atoms with van der Waals surface area (Å²) in [5, 5.41) is 7.56. The van der Waals surface area contributed by atoms with Gasteiger partial charge in [0.1, 0.15) is 0 Å². The van der Waals surface area contributed by atoms with Crippen molar-refractivity contribution in [2.75, 3.05) is 0 Å². The second-order valence-corrected chi connectivity index (χ2v) is 10.9. The van der Waals surface area contributed by atoms with E-state index in [-0.39, 0.29) is 0 Å². The van der Waals surface area contributed by atoms with Crippen molar-refractivity contribution in [3.05, 3.63) is 127 Å². The van der Waals surface area contributed by atoms with Crippen LogP contribution >= 0.6 is 11.3 Å². The van der Waals surface area contributed by atoms with Crippen molar-refractivity contribution >= 4 is 75.9 Å². The summed E-state index contributed by atoms with van der Waals surface area (Å²) in [5.41, 5.74) is 10.2. The van der Waals surface area contributed by atoms with E-state index in [0.717, 1.165) is 5.52 Å². The molecule has 0 fully saturated rings. The molecule has 0 atom stereocenters. The SMILES string of the molecule is c1ccc(-n2c3cc4ccccc4cc3c3c2ccc2c4ccccc4n(-c4cccc5ncsc45)c23)cc1. The van der Waals surface area contributed by atoms with Crippen LogP contribution in [0.3, 0.4) is 0 Å². The summed E-state index contributed by atoms with van der Waals surface area (Å²) in [6, 6.07) is 44.0. The van der Waals surface area contributed by atoms with Crippen LogP contribution in [0, 0.1) is 0 Å². The van der Waals surface area contributed by atoms with Gasteiger partial charge in [0.2, 0.25) is 0 Å². The van der Waals surface area contributed by atoms with Crippen molar-refractivity contribution in [3.63, 3.8) is 0 Å². The molecule has 0 amide bonds. The monoisotopic (exact) mass is 515 g/mol. The van der Waals surface area contributed by atoms with Crippen molar-refractivity contribution in [3.8, 4) is 11.4 Å². The van der Waals surface area contributed by atoms with E-state index in [1.807, 2.05) is 5.51 Å². The average molecular weight is 516 g/mol. The van der Waals surface area contributed by atoms with E-state index in [1.54, 1.807) is 11.3 Å². The molecule has 0 unspecified atom stereocenters. The number of aromatic nitrogens is 3. The van der Waals surface area contributed by atoms with Gasteiger partial charge in [-0.1, -0.05) is 72.8 Å². The van der Waals surface area contributed by atoms with E-state index in [0.29, 0.717) is 0 Å². The van der Waals surface area contributed by atoms with Crippen LogP contribution in [0.4, 0.5) is 0 Å². The molecule has 3 aromatic heterocycles. The van der Waals surface area contributed by atoms with Gasteiger partial charge in [-0.2, -0.15) is 0 Å². The van der Waals surface area contributed by atoms with Gasteiger partial charge in [-0.05, 0) is 59.3 Å². The third-order valence-corrected chi connectivity index (χ3v) is 8.89. The number of fused-ring (bicyclic) bond motifs is 9. The summed E-state index contributed by atoms with van der Waals surface area (Å²) in [6.45, 7) is 0. The summed E-state index contributed by atoms with van der Waals surface area (Å²) >= 11 is 1.71. The molecule has 0 N–H and O–H groups in total. The summed E-state index contributed by atoms with van der Waals surface area (Å²) < 4.78 is 6.10. The second-order valence-electron chi connectivity index (χ2n) is 10.1. The van der Waals surface area contributed by atoms with Crippen molar-refractivity contribution in [1.29, 1.82) is 0 Å². The van der Waals surface area contributed by atoms with Crippen LogP contribution in [0.5, 0.6) is 0 Å². The summed E-state index contributed by atoms with van der Waals surface area (Å²) in [7, 11) is 0. The van der Waals surface area contributed by atoms with Crippen LogP contribution in [0.1, 0.15) is 0 Å². The quantitative estimate of drug-likeness (QED) is 0.225. The van der Waals surface area contributed by atoms with E-state index >= 15 is 0 Å². The van der Waals surface area contributed by atoms with E-state index in [1.165, 1.54) is 70.5 Å². The van der Waals surface area contributed by atoms with E-state index < -0.39 is 0 Å². The van der Waals surface area contributed by atoms with Gasteiger partial charge in [-0.3, -0.25) is 0 Å². The molecule has 0 aliphatic carbocycles. The lowest BCUT2D eigenvalue weighted by molar-refractivity contribution is 1.18. The molecule has 0 aliphatic heterocycles. The summed E-state index contributed by atoms with van der Waals surface area (Å²) in [4.78, 5) is 4.64. The normalized spacial score (nSPS) is 12.1. The van der Waals surface area contributed by atoms with Crippen molar-refractivity contribution < 1.29 is 0 Å². The maximum Gasteiger partial charge on any atom is 0.0833 e. The molecule has 0 spiro atoms. The van der Waals surface area contributed by atoms with E-state index in [4.69, 9.17) is 0 Å². The van der Waals surface area contributed by atoms with Crippen LogP contribution < -0.4 is 0 Å². The Morgan fingerprint density at radius 2 is 1.33 bits per heavy atom. The Morgan fingerprint density at radius 3 is 2.23 bits per heavy atom. The van der Waals surface area contributed by atoms with Gasteiger partial charge < -0.3 is 9.13 Å². The minimum Gasteiger partial charge on any atom is -0.309 e. The number of hydrogen-bond donors (Lipinski definition) is 0. The minimum atomic E-state index is 1.04. The number of thiazole rings is 1. The predicted molar refractivity (Wildman–Crippen MR) is 166 cm³/mol. The molecular weight excluding hydrogens is 494 g/mol. The Balaban J connectivity index is 1.58. The van der Waals surface area contributed by atoms with Gasteiger partial charge in [0.25, 0.3) is 0 Å². The molecule has 3 heterocycles. The zero-order valence-corrected chi connectivity index (χ0v) is 21.7. The highest BCUT2D eigenvalue weighted by atomic mass is 32.1. The van der Waals surface area contributed by atoms with E-state index in [2.05, 4.69) is 135 Å². The first-order valence-corrected chi connectivity index (χ1v) is 14.0. The second kappa shape index (κ2) is 7.79. The van der Waals surface area contributed by atoms with Crippen LogP contribution in [0.15, 0.2) is 127 Å². The number of hydrogen-bond acceptors (Lipinski definition) is 2. The molecule has 0 saturated carbocycles. The van der Waals surface area contributed by atoms with Gasteiger partial charge in [0, 0.05) is 27.2 Å². The fourth-order valence-corrected chi connectivity index (χ4v) is 7.19. The van der Waals surface area contributed by atoms with Crippen molar-refractivity contribution in [1.82, 2.24) is 14.1 Å². The largest absolute Gasteiger partial charge is 0.309 e. The molecule has 4 heteroatoms. The molecule has 0 aliphatic rings. The fourth-order valence-electron chi connectivity index (χ4n) is 6.39. The Hall–Kier alpha value is -4.93. The van der Waals surface area contributed by atoms with Gasteiger partial charge in [0.05, 0.1) is 43.5 Å². The predicted octanol–water partition coefficient (Wildman–Crippen LogP) is 9.64. The molecule has 182 valence electrons. The summed E-state index contributed by atoms with van der Waals surface area (Å²) in [6.07, 6.45) is 0. The van der Waals surface area contributed by atoms with Crippen LogP contribution in [-0.4, -0.2) is 14.1 Å². The third kappa shape index (κ3) is 2.84. The van der Waals surface area contributed by atoms with Crippen molar-refractivity contribution in [2.24, 2.45) is 0 Å². The van der Waals surface area contributed by atoms with E-state index in [9.17, 15) is 0 Å². The molecule has 0 radical (unpaired) electrons. The first-order valence-electron chi connectivity index (χ1n) is 13.1. The zero-order chi connectivity index (χ0) is 25.5. The molecule has 39 heavy (non-hydrogen) atoms. The number of para-hydroxylation sites is 2. The Kier molecular flexibility index (Phi) is 4.21. The maximum atomic E-state index is 4.64. The third-order valence-electron chi connectivity index (χ3n) is 8.02. The lowest BCUT2D eigenvalue weighted by Gasteiger charge is -2.10. The average Bonchev–Trinajstić information content (AvgIpc) is 3.68. The smallest absolute Gasteiger partial charge is 0.0833 e. The number of nitrogens with zero attached hydrogens (tertiary/aromatic N) is 3. The molecular formula is C35H21N3S. The lowest BCUT2D eigenvalue weighted by Crippen LogP contribution is -1.95. The Labute approximate surface area is 227 Å². The van der Waals surface area contributed by atoms with Crippen molar-refractivity contribution in [2.45, 2.75) is 0 Å². The van der Waals surface area contributed by atoms with Crippen LogP contribution in [-0.2, 0) is 0 Å². The highest BCUT2D eigenvalue weighted by Gasteiger charge is 2.22. The van der Waals surface area contributed by atoms with Crippen LogP contribution in [0.2, 0.25) is 0 Å². The van der Waals surface area contributed by atoms with Gasteiger partial charge >= 0.3 is 0 Å². The molecule has 9 aromatic rings. The van der Waals surface area contributed by atoms with Gasteiger partial charge in [-0.15, -0.1) is 11.3 Å². The fraction of sp³-hybridized carbons (Fsp3) is 0. The Bertz CT molecular complexity index is 2390. The number of rotatable bonds is 2. The summed E-state index contributed by atoms with van der Waals surface area (Å²) in [5.74, 6) is 0. The first-order chi connectivity index (χ1) is 19.4. The lowest BCUT2D eigenvalue weighted by atomic mass is 10.0. The van der Waals surface area contributed by atoms with Gasteiger partial charge in [-0.25, -0.2) is 4.98 Å². The number of benzene rings is 6. The Morgan fingerprint density at radius 1 is 0.538 bits per heavy atom. The topological polar surface area (TPSA) is 22.8 Å². The van der Waals surface area contributed by atoms with Gasteiger partial charge in [0.15, 0.2) is 0 Å². The highest BCUT2D eigenvalue weighted by Crippen LogP contribution is 2.43. The molecule has 3 nitrogen and oxygen atoms in total. The zero-order valence-electron chi connectivity index (χ0n) is 20.9. The standard InChI is InChI=1S/C35H21N3S/c1-2-11-24(12-3-1)37-30-18-17-26-25-13-6-7-15-29(25)38(31-16-8-14-28-35(31)39-21-36-28)34(26)33(30)27-19-22-9-4-5-10-23(22)20-32(27)37/h1-21H. The maximum absolute atomic E-state index is 4.64.